The number of rotatable bonds is 5. The number of aryl methyl sites for hydroxylation is 1. The van der Waals surface area contributed by atoms with E-state index in [0.29, 0.717) is 15.7 Å². The van der Waals surface area contributed by atoms with Crippen molar-refractivity contribution in [3.63, 3.8) is 0 Å². The van der Waals surface area contributed by atoms with Crippen LogP contribution in [0.3, 0.4) is 0 Å². The summed E-state index contributed by atoms with van der Waals surface area (Å²) < 4.78 is 27.7. The van der Waals surface area contributed by atoms with Gasteiger partial charge in [-0.1, -0.05) is 25.1 Å². The quantitative estimate of drug-likeness (QED) is 0.849. The Labute approximate surface area is 133 Å². The molecule has 0 atom stereocenters. The van der Waals surface area contributed by atoms with Crippen molar-refractivity contribution < 1.29 is 13.5 Å². The minimum atomic E-state index is -3.67. The van der Waals surface area contributed by atoms with Gasteiger partial charge in [0, 0.05) is 10.2 Å². The fourth-order valence-corrected chi connectivity index (χ4v) is 4.06. The highest BCUT2D eigenvalue weighted by Crippen LogP contribution is 2.25. The van der Waals surface area contributed by atoms with Gasteiger partial charge >= 0.3 is 0 Å². The Bertz CT molecular complexity index is 727. The third-order valence-corrected chi connectivity index (χ3v) is 5.44. The summed E-state index contributed by atoms with van der Waals surface area (Å²) in [6.07, 6.45) is 0.904. The molecule has 0 heterocycles. The molecule has 0 bridgehead atoms. The molecule has 0 unspecified atom stereocenters. The first kappa shape index (κ1) is 16.0. The molecule has 0 radical (unpaired) electrons. The van der Waals surface area contributed by atoms with E-state index in [4.69, 9.17) is 5.11 Å². The van der Waals surface area contributed by atoms with Crippen LogP contribution in [0.5, 0.6) is 0 Å². The third kappa shape index (κ3) is 3.84. The lowest BCUT2D eigenvalue weighted by molar-refractivity contribution is 0.281. The summed E-state index contributed by atoms with van der Waals surface area (Å²) in [4.78, 5) is 0.138. The second-order valence-corrected chi connectivity index (χ2v) is 7.08. The summed E-state index contributed by atoms with van der Waals surface area (Å²) in [5.41, 5.74) is 2.31. The second-order valence-electron chi connectivity index (χ2n) is 4.58. The highest BCUT2D eigenvalue weighted by atomic mass is 79.9. The third-order valence-electron chi connectivity index (χ3n) is 3.08. The number of hydrogen-bond acceptors (Lipinski definition) is 3. The van der Waals surface area contributed by atoms with Crippen molar-refractivity contribution >= 4 is 31.6 Å². The molecule has 0 aliphatic carbocycles. The van der Waals surface area contributed by atoms with E-state index in [1.165, 1.54) is 6.07 Å². The van der Waals surface area contributed by atoms with Gasteiger partial charge in [0.25, 0.3) is 10.0 Å². The van der Waals surface area contributed by atoms with Crippen molar-refractivity contribution in [2.75, 3.05) is 4.72 Å². The summed E-state index contributed by atoms with van der Waals surface area (Å²) in [7, 11) is -3.67. The van der Waals surface area contributed by atoms with E-state index in [9.17, 15) is 8.42 Å². The molecule has 2 rings (SSSR count). The molecule has 0 aliphatic heterocycles. The maximum absolute atomic E-state index is 12.4. The highest BCUT2D eigenvalue weighted by Gasteiger charge is 2.18. The van der Waals surface area contributed by atoms with Gasteiger partial charge < -0.3 is 5.11 Å². The molecule has 0 saturated heterocycles. The van der Waals surface area contributed by atoms with Gasteiger partial charge in [-0.15, -0.1) is 0 Å². The topological polar surface area (TPSA) is 66.4 Å². The molecule has 6 heteroatoms. The zero-order valence-corrected chi connectivity index (χ0v) is 13.9. The first-order chi connectivity index (χ1) is 9.96. The lowest BCUT2D eigenvalue weighted by atomic mass is 10.2. The van der Waals surface area contributed by atoms with Gasteiger partial charge in [0.05, 0.1) is 6.61 Å². The first-order valence-corrected chi connectivity index (χ1v) is 8.75. The van der Waals surface area contributed by atoms with Gasteiger partial charge in [-0.25, -0.2) is 8.42 Å². The minimum Gasteiger partial charge on any atom is -0.392 e. The summed E-state index contributed by atoms with van der Waals surface area (Å²) in [5.74, 6) is 0. The predicted octanol–water partition coefficient (Wildman–Crippen LogP) is 3.30. The van der Waals surface area contributed by atoms with Gasteiger partial charge in [-0.2, -0.15) is 0 Å². The number of benzene rings is 2. The summed E-state index contributed by atoms with van der Waals surface area (Å²) in [6, 6.07) is 11.9. The lowest BCUT2D eigenvalue weighted by Gasteiger charge is -2.11. The number of hydrogen-bond donors (Lipinski definition) is 2. The van der Waals surface area contributed by atoms with Crippen LogP contribution in [0.25, 0.3) is 0 Å². The molecule has 0 amide bonds. The Morgan fingerprint density at radius 2 is 1.71 bits per heavy atom. The largest absolute Gasteiger partial charge is 0.392 e. The summed E-state index contributed by atoms with van der Waals surface area (Å²) in [6.45, 7) is 1.91. The molecular weight excluding hydrogens is 354 g/mol. The maximum atomic E-state index is 12.4. The van der Waals surface area contributed by atoms with Crippen LogP contribution in [-0.2, 0) is 23.1 Å². The monoisotopic (exact) mass is 369 g/mol. The van der Waals surface area contributed by atoms with Crippen molar-refractivity contribution in [1.29, 1.82) is 0 Å². The molecule has 2 aromatic carbocycles. The molecule has 21 heavy (non-hydrogen) atoms. The molecule has 0 saturated carbocycles. The number of halogens is 1. The van der Waals surface area contributed by atoms with Gasteiger partial charge in [0.2, 0.25) is 0 Å². The van der Waals surface area contributed by atoms with Crippen LogP contribution in [0.4, 0.5) is 5.69 Å². The van der Waals surface area contributed by atoms with E-state index in [1.807, 2.05) is 19.1 Å². The van der Waals surface area contributed by atoms with Crippen LogP contribution in [0.1, 0.15) is 18.1 Å². The average Bonchev–Trinajstić information content (AvgIpc) is 2.47. The number of sulfonamides is 1. The van der Waals surface area contributed by atoms with Gasteiger partial charge in [0.1, 0.15) is 4.90 Å². The van der Waals surface area contributed by atoms with Gasteiger partial charge in [-0.3, -0.25) is 4.72 Å². The average molecular weight is 370 g/mol. The molecule has 2 aromatic rings. The fraction of sp³-hybridized carbons (Fsp3) is 0.200. The smallest absolute Gasteiger partial charge is 0.263 e. The SMILES string of the molecule is CCc1ccc(NS(=O)(=O)c2ccc(CO)cc2Br)cc1. The molecule has 0 fully saturated rings. The molecule has 0 aromatic heterocycles. The minimum absolute atomic E-state index is 0.134. The van der Waals surface area contributed by atoms with Gasteiger partial charge in [-0.05, 0) is 57.7 Å². The Morgan fingerprint density at radius 1 is 1.10 bits per heavy atom. The Hall–Kier alpha value is -1.37. The standard InChI is InChI=1S/C15H16BrNO3S/c1-2-11-3-6-13(7-4-11)17-21(19,20)15-8-5-12(10-18)9-14(15)16/h3-9,17-18H,2,10H2,1H3. The number of aliphatic hydroxyl groups excluding tert-OH is 1. The van der Waals surface area contributed by atoms with Crippen LogP contribution in [-0.4, -0.2) is 13.5 Å². The molecule has 0 aliphatic rings. The predicted molar refractivity (Wildman–Crippen MR) is 86.7 cm³/mol. The van der Waals surface area contributed by atoms with Crippen LogP contribution in [0.2, 0.25) is 0 Å². The van der Waals surface area contributed by atoms with E-state index in [1.54, 1.807) is 24.3 Å². The molecular formula is C15H16BrNO3S. The Morgan fingerprint density at radius 3 is 2.24 bits per heavy atom. The Kier molecular flexibility index (Phi) is 5.03. The summed E-state index contributed by atoms with van der Waals surface area (Å²) in [5, 5.41) is 9.05. The molecule has 112 valence electrons. The molecule has 2 N–H and O–H groups in total. The van der Waals surface area contributed by atoms with Crippen LogP contribution >= 0.6 is 15.9 Å². The van der Waals surface area contributed by atoms with Crippen molar-refractivity contribution in [3.05, 3.63) is 58.1 Å². The van der Waals surface area contributed by atoms with E-state index in [2.05, 4.69) is 20.7 Å². The first-order valence-electron chi connectivity index (χ1n) is 6.47. The van der Waals surface area contributed by atoms with Crippen LogP contribution in [0, 0.1) is 0 Å². The van der Waals surface area contributed by atoms with Crippen molar-refractivity contribution in [2.45, 2.75) is 24.8 Å². The van der Waals surface area contributed by atoms with E-state index < -0.39 is 10.0 Å². The number of anilines is 1. The van der Waals surface area contributed by atoms with E-state index in [-0.39, 0.29) is 11.5 Å². The fourth-order valence-electron chi connectivity index (χ4n) is 1.88. The van der Waals surface area contributed by atoms with Crippen molar-refractivity contribution in [1.82, 2.24) is 0 Å². The lowest BCUT2D eigenvalue weighted by Crippen LogP contribution is -2.13. The zero-order valence-electron chi connectivity index (χ0n) is 11.5. The molecule has 0 spiro atoms. The van der Waals surface area contributed by atoms with E-state index >= 15 is 0 Å². The number of nitrogens with one attached hydrogen (secondary N) is 1. The van der Waals surface area contributed by atoms with Crippen LogP contribution < -0.4 is 4.72 Å². The van der Waals surface area contributed by atoms with Crippen molar-refractivity contribution in [3.8, 4) is 0 Å². The maximum Gasteiger partial charge on any atom is 0.263 e. The molecule has 4 nitrogen and oxygen atoms in total. The number of aliphatic hydroxyl groups is 1. The second kappa shape index (κ2) is 6.60. The van der Waals surface area contributed by atoms with Crippen LogP contribution in [0.15, 0.2) is 51.8 Å². The summed E-state index contributed by atoms with van der Waals surface area (Å²) >= 11 is 3.23. The van der Waals surface area contributed by atoms with Gasteiger partial charge in [0.15, 0.2) is 0 Å². The zero-order chi connectivity index (χ0) is 15.5. The Balaban J connectivity index is 2.29. The van der Waals surface area contributed by atoms with E-state index in [0.717, 1.165) is 12.0 Å². The normalized spacial score (nSPS) is 11.4. The van der Waals surface area contributed by atoms with Crippen molar-refractivity contribution in [2.24, 2.45) is 0 Å². The highest BCUT2D eigenvalue weighted by molar-refractivity contribution is 9.10.